The Kier molecular flexibility index (Phi) is 7.45. The van der Waals surface area contributed by atoms with Gasteiger partial charge < -0.3 is 10.2 Å². The van der Waals surface area contributed by atoms with Crippen molar-refractivity contribution in [2.45, 2.75) is 51.0 Å². The molecule has 182 valence electrons. The Morgan fingerprint density at radius 1 is 1.09 bits per heavy atom. The standard InChI is InChI=1S/C25H30BrN3O4S/c1-3-23(30)29-13-10-20-14-21(26)15-22(24(20)29)34(32,33)28-11-8-19(9-12-28)25(31)27-16-18-6-4-17(2)5-7-18/h4-7,14-15,19H,3,8-13,16H2,1-2H3,(H,27,31). The molecule has 0 aliphatic carbocycles. The minimum atomic E-state index is -3.82. The van der Waals surface area contributed by atoms with Crippen LogP contribution in [-0.4, -0.2) is 44.2 Å². The Morgan fingerprint density at radius 2 is 1.76 bits per heavy atom. The van der Waals surface area contributed by atoms with Gasteiger partial charge in [0, 0.05) is 43.0 Å². The number of anilines is 1. The predicted molar refractivity (Wildman–Crippen MR) is 135 cm³/mol. The molecule has 2 aromatic carbocycles. The summed E-state index contributed by atoms with van der Waals surface area (Å²) in [7, 11) is -3.82. The average Bonchev–Trinajstić information content (AvgIpc) is 3.26. The van der Waals surface area contributed by atoms with E-state index in [0.717, 1.165) is 11.1 Å². The first kappa shape index (κ1) is 24.9. The maximum Gasteiger partial charge on any atom is 0.245 e. The summed E-state index contributed by atoms with van der Waals surface area (Å²) in [5, 5.41) is 2.98. The summed E-state index contributed by atoms with van der Waals surface area (Å²) in [5.41, 5.74) is 3.57. The normalized spacial score (nSPS) is 17.0. The average molecular weight is 549 g/mol. The number of benzene rings is 2. The molecule has 0 bridgehead atoms. The minimum absolute atomic E-state index is 0.0410. The summed E-state index contributed by atoms with van der Waals surface area (Å²) >= 11 is 3.44. The molecule has 0 radical (unpaired) electrons. The first-order chi connectivity index (χ1) is 16.2. The highest BCUT2D eigenvalue weighted by Crippen LogP contribution is 2.39. The molecule has 0 unspecified atom stereocenters. The third-order valence-electron chi connectivity index (χ3n) is 6.63. The van der Waals surface area contributed by atoms with Gasteiger partial charge in [0.1, 0.15) is 4.90 Å². The van der Waals surface area contributed by atoms with Crippen LogP contribution in [0.15, 0.2) is 45.8 Å². The number of carbonyl (C=O) groups excluding carboxylic acids is 2. The van der Waals surface area contributed by atoms with Crippen molar-refractivity contribution in [2.24, 2.45) is 5.92 Å². The van der Waals surface area contributed by atoms with Gasteiger partial charge in [0.25, 0.3) is 0 Å². The number of piperidine rings is 1. The molecule has 2 heterocycles. The SMILES string of the molecule is CCC(=O)N1CCc2cc(Br)cc(S(=O)(=O)N3CCC(C(=O)NCc4ccc(C)cc4)CC3)c21. The van der Waals surface area contributed by atoms with Crippen molar-refractivity contribution in [1.29, 1.82) is 0 Å². The van der Waals surface area contributed by atoms with Gasteiger partial charge in [-0.1, -0.05) is 52.7 Å². The molecule has 2 aliphatic rings. The lowest BCUT2D eigenvalue weighted by Crippen LogP contribution is -2.43. The van der Waals surface area contributed by atoms with Crippen LogP contribution >= 0.6 is 15.9 Å². The second kappa shape index (κ2) is 10.2. The number of rotatable bonds is 6. The van der Waals surface area contributed by atoms with Gasteiger partial charge in [-0.3, -0.25) is 9.59 Å². The van der Waals surface area contributed by atoms with Crippen molar-refractivity contribution in [1.82, 2.24) is 9.62 Å². The summed E-state index contributed by atoms with van der Waals surface area (Å²) in [6.07, 6.45) is 1.88. The van der Waals surface area contributed by atoms with Gasteiger partial charge in [-0.05, 0) is 49.4 Å². The lowest BCUT2D eigenvalue weighted by molar-refractivity contribution is -0.126. The summed E-state index contributed by atoms with van der Waals surface area (Å²) in [5.74, 6) is -0.342. The van der Waals surface area contributed by atoms with Crippen molar-refractivity contribution in [2.75, 3.05) is 24.5 Å². The number of carbonyl (C=O) groups is 2. The lowest BCUT2D eigenvalue weighted by atomic mass is 9.97. The monoisotopic (exact) mass is 547 g/mol. The minimum Gasteiger partial charge on any atom is -0.352 e. The number of fused-ring (bicyclic) bond motifs is 1. The van der Waals surface area contributed by atoms with Gasteiger partial charge in [-0.25, -0.2) is 8.42 Å². The molecule has 1 N–H and O–H groups in total. The molecule has 0 spiro atoms. The zero-order valence-corrected chi connectivity index (χ0v) is 21.9. The van der Waals surface area contributed by atoms with E-state index >= 15 is 0 Å². The van der Waals surface area contributed by atoms with Gasteiger partial charge >= 0.3 is 0 Å². The number of sulfonamides is 1. The van der Waals surface area contributed by atoms with Gasteiger partial charge in [0.15, 0.2) is 0 Å². The van der Waals surface area contributed by atoms with Gasteiger partial charge in [-0.2, -0.15) is 4.31 Å². The molecule has 0 saturated carbocycles. The Hall–Kier alpha value is -2.23. The molecule has 2 aliphatic heterocycles. The van der Waals surface area contributed by atoms with E-state index in [1.165, 1.54) is 9.87 Å². The third kappa shape index (κ3) is 5.06. The van der Waals surface area contributed by atoms with Crippen LogP contribution in [-0.2, 0) is 32.6 Å². The van der Waals surface area contributed by atoms with Crippen LogP contribution < -0.4 is 10.2 Å². The largest absolute Gasteiger partial charge is 0.352 e. The van der Waals surface area contributed by atoms with E-state index in [-0.39, 0.29) is 35.7 Å². The van der Waals surface area contributed by atoms with Crippen LogP contribution in [0.25, 0.3) is 0 Å². The highest BCUT2D eigenvalue weighted by atomic mass is 79.9. The number of halogens is 1. The number of amides is 2. The number of aryl methyl sites for hydroxylation is 1. The van der Waals surface area contributed by atoms with E-state index in [4.69, 9.17) is 0 Å². The fourth-order valence-corrected chi connectivity index (χ4v) is 7.03. The molecule has 2 amide bonds. The summed E-state index contributed by atoms with van der Waals surface area (Å²) < 4.78 is 29.4. The van der Waals surface area contributed by atoms with E-state index in [1.54, 1.807) is 17.9 Å². The molecule has 7 nitrogen and oxygen atoms in total. The molecular weight excluding hydrogens is 518 g/mol. The topological polar surface area (TPSA) is 86.8 Å². The number of hydrogen-bond acceptors (Lipinski definition) is 4. The molecule has 4 rings (SSSR count). The Labute approximate surface area is 209 Å². The van der Waals surface area contributed by atoms with Crippen molar-refractivity contribution in [3.63, 3.8) is 0 Å². The fraction of sp³-hybridized carbons (Fsp3) is 0.440. The number of hydrogen-bond donors (Lipinski definition) is 1. The molecule has 2 aromatic rings. The molecule has 0 atom stereocenters. The van der Waals surface area contributed by atoms with Crippen LogP contribution in [0.3, 0.4) is 0 Å². The van der Waals surface area contributed by atoms with E-state index in [2.05, 4.69) is 21.2 Å². The molecule has 1 fully saturated rings. The number of nitrogens with one attached hydrogen (secondary N) is 1. The third-order valence-corrected chi connectivity index (χ3v) is 9.00. The van der Waals surface area contributed by atoms with Crippen LogP contribution in [0.2, 0.25) is 0 Å². The molecule has 9 heteroatoms. The van der Waals surface area contributed by atoms with Crippen LogP contribution in [0.5, 0.6) is 0 Å². The first-order valence-electron chi connectivity index (χ1n) is 11.7. The van der Waals surface area contributed by atoms with Crippen molar-refractivity contribution in [3.8, 4) is 0 Å². The van der Waals surface area contributed by atoms with Crippen molar-refractivity contribution >= 4 is 43.5 Å². The second-order valence-electron chi connectivity index (χ2n) is 8.94. The Balaban J connectivity index is 1.45. The zero-order valence-electron chi connectivity index (χ0n) is 19.5. The smallest absolute Gasteiger partial charge is 0.245 e. The predicted octanol–water partition coefficient (Wildman–Crippen LogP) is 3.77. The summed E-state index contributed by atoms with van der Waals surface area (Å²) in [6.45, 7) is 5.29. The van der Waals surface area contributed by atoms with Gasteiger partial charge in [0.05, 0.1) is 5.69 Å². The van der Waals surface area contributed by atoms with Gasteiger partial charge in [-0.15, -0.1) is 0 Å². The van der Waals surface area contributed by atoms with E-state index < -0.39 is 10.0 Å². The van der Waals surface area contributed by atoms with Crippen LogP contribution in [0, 0.1) is 12.8 Å². The highest BCUT2D eigenvalue weighted by molar-refractivity contribution is 9.10. The van der Waals surface area contributed by atoms with Crippen molar-refractivity contribution in [3.05, 3.63) is 57.6 Å². The van der Waals surface area contributed by atoms with Crippen molar-refractivity contribution < 1.29 is 18.0 Å². The Bertz CT molecular complexity index is 1190. The van der Waals surface area contributed by atoms with Crippen LogP contribution in [0.4, 0.5) is 5.69 Å². The molecule has 34 heavy (non-hydrogen) atoms. The molecule has 0 aromatic heterocycles. The van der Waals surface area contributed by atoms with E-state index in [9.17, 15) is 18.0 Å². The quantitative estimate of drug-likeness (QED) is 0.596. The maximum absolute atomic E-state index is 13.6. The zero-order chi connectivity index (χ0) is 24.5. The first-order valence-corrected chi connectivity index (χ1v) is 13.9. The Morgan fingerprint density at radius 3 is 2.41 bits per heavy atom. The van der Waals surface area contributed by atoms with Gasteiger partial charge in [0.2, 0.25) is 21.8 Å². The summed E-state index contributed by atoms with van der Waals surface area (Å²) in [6, 6.07) is 11.5. The van der Waals surface area contributed by atoms with Crippen LogP contribution in [0.1, 0.15) is 42.9 Å². The lowest BCUT2D eigenvalue weighted by Gasteiger charge is -2.31. The highest BCUT2D eigenvalue weighted by Gasteiger charge is 2.37. The molecule has 1 saturated heterocycles. The fourth-order valence-electron chi connectivity index (χ4n) is 4.64. The van der Waals surface area contributed by atoms with E-state index in [1.807, 2.05) is 37.3 Å². The second-order valence-corrected chi connectivity index (χ2v) is 11.8. The maximum atomic E-state index is 13.6. The number of nitrogens with zero attached hydrogens (tertiary/aromatic N) is 2. The summed E-state index contributed by atoms with van der Waals surface area (Å²) in [4.78, 5) is 26.9. The van der Waals surface area contributed by atoms with E-state index in [0.29, 0.717) is 48.9 Å². The molecular formula is C25H30BrN3O4S.